The van der Waals surface area contributed by atoms with E-state index in [1.807, 2.05) is 26.0 Å². The molecule has 0 amide bonds. The molecule has 3 nitrogen and oxygen atoms in total. The average molecular weight is 253 g/mol. The predicted molar refractivity (Wildman–Crippen MR) is 68.4 cm³/mol. The number of benzene rings is 1. The molecule has 17 heavy (non-hydrogen) atoms. The van der Waals surface area contributed by atoms with Gasteiger partial charge in [0, 0.05) is 5.54 Å². The minimum Gasteiger partial charge on any atom is -0.207 e. The second-order valence-electron chi connectivity index (χ2n) is 4.86. The van der Waals surface area contributed by atoms with Gasteiger partial charge in [-0.3, -0.25) is 0 Å². The molecule has 2 rings (SSSR count). The fourth-order valence-electron chi connectivity index (χ4n) is 2.33. The molecular weight excluding hydrogens is 234 g/mol. The van der Waals surface area contributed by atoms with Crippen molar-refractivity contribution in [2.75, 3.05) is 0 Å². The maximum absolute atomic E-state index is 12.3. The quantitative estimate of drug-likeness (QED) is 0.896. The minimum absolute atomic E-state index is 0.193. The molecule has 0 aliphatic heterocycles. The first kappa shape index (κ1) is 12.6. The summed E-state index contributed by atoms with van der Waals surface area (Å²) in [6, 6.07) is 7.11. The largest absolute Gasteiger partial charge is 0.241 e. The van der Waals surface area contributed by atoms with Crippen molar-refractivity contribution in [1.29, 1.82) is 0 Å². The number of hydrogen-bond acceptors (Lipinski definition) is 2. The fraction of sp³-hybridized carbons (Fsp3) is 0.538. The van der Waals surface area contributed by atoms with Gasteiger partial charge in [-0.1, -0.05) is 25.1 Å². The summed E-state index contributed by atoms with van der Waals surface area (Å²) in [4.78, 5) is 0.403. The molecule has 0 saturated heterocycles. The highest BCUT2D eigenvalue weighted by atomic mass is 32.2. The van der Waals surface area contributed by atoms with E-state index in [-0.39, 0.29) is 5.54 Å². The first-order valence-corrected chi connectivity index (χ1v) is 7.57. The molecule has 1 saturated carbocycles. The number of nitrogens with one attached hydrogen (secondary N) is 1. The van der Waals surface area contributed by atoms with Gasteiger partial charge in [0.05, 0.1) is 4.90 Å². The van der Waals surface area contributed by atoms with Gasteiger partial charge in [-0.2, -0.15) is 0 Å². The maximum atomic E-state index is 12.3. The van der Waals surface area contributed by atoms with E-state index < -0.39 is 10.0 Å². The minimum atomic E-state index is -3.37. The maximum Gasteiger partial charge on any atom is 0.241 e. The number of sulfonamides is 1. The zero-order chi connectivity index (χ0) is 12.5. The smallest absolute Gasteiger partial charge is 0.207 e. The van der Waals surface area contributed by atoms with E-state index >= 15 is 0 Å². The van der Waals surface area contributed by atoms with Crippen LogP contribution in [0.3, 0.4) is 0 Å². The second-order valence-corrected chi connectivity index (χ2v) is 6.51. The van der Waals surface area contributed by atoms with Crippen LogP contribution in [0.15, 0.2) is 29.2 Å². The standard InChI is InChI=1S/C13H19NO2S/c1-3-13(9-6-10-13)14-17(15,16)12-8-5-4-7-11(12)2/h4-5,7-8,14H,3,6,9-10H2,1-2H3. The molecule has 0 unspecified atom stereocenters. The third kappa shape index (κ3) is 2.38. The highest BCUT2D eigenvalue weighted by Gasteiger charge is 2.39. The summed E-state index contributed by atoms with van der Waals surface area (Å²) in [7, 11) is -3.37. The topological polar surface area (TPSA) is 46.2 Å². The van der Waals surface area contributed by atoms with Crippen LogP contribution in [0.2, 0.25) is 0 Å². The van der Waals surface area contributed by atoms with Crippen LogP contribution in [0.5, 0.6) is 0 Å². The molecule has 94 valence electrons. The Bertz CT molecular complexity index is 498. The molecule has 0 spiro atoms. The van der Waals surface area contributed by atoms with Crippen molar-refractivity contribution in [3.63, 3.8) is 0 Å². The summed E-state index contributed by atoms with van der Waals surface area (Å²) in [6.45, 7) is 3.87. The molecule has 1 aliphatic rings. The summed E-state index contributed by atoms with van der Waals surface area (Å²) in [6.07, 6.45) is 3.88. The lowest BCUT2D eigenvalue weighted by molar-refractivity contribution is 0.214. The first-order valence-electron chi connectivity index (χ1n) is 6.09. The van der Waals surface area contributed by atoms with Crippen LogP contribution in [0.1, 0.15) is 38.2 Å². The zero-order valence-corrected chi connectivity index (χ0v) is 11.2. The van der Waals surface area contributed by atoms with Crippen molar-refractivity contribution in [3.05, 3.63) is 29.8 Å². The third-order valence-corrected chi connectivity index (χ3v) is 5.46. The molecule has 1 aromatic carbocycles. The van der Waals surface area contributed by atoms with Gasteiger partial charge in [0.1, 0.15) is 0 Å². The van der Waals surface area contributed by atoms with E-state index in [4.69, 9.17) is 0 Å². The average Bonchev–Trinajstić information content (AvgIpc) is 2.24. The molecule has 0 aromatic heterocycles. The molecule has 0 atom stereocenters. The SMILES string of the molecule is CCC1(NS(=O)(=O)c2ccccc2C)CCC1. The van der Waals surface area contributed by atoms with Gasteiger partial charge >= 0.3 is 0 Å². The van der Waals surface area contributed by atoms with Gasteiger partial charge in [0.25, 0.3) is 0 Å². The monoisotopic (exact) mass is 253 g/mol. The first-order chi connectivity index (χ1) is 7.99. The zero-order valence-electron chi connectivity index (χ0n) is 10.4. The van der Waals surface area contributed by atoms with Gasteiger partial charge in [-0.25, -0.2) is 13.1 Å². The number of rotatable bonds is 4. The van der Waals surface area contributed by atoms with Crippen LogP contribution in [0.4, 0.5) is 0 Å². The van der Waals surface area contributed by atoms with Crippen molar-refractivity contribution in [2.45, 2.75) is 50.0 Å². The molecular formula is C13H19NO2S. The van der Waals surface area contributed by atoms with Crippen LogP contribution in [-0.4, -0.2) is 14.0 Å². The second kappa shape index (κ2) is 4.42. The summed E-state index contributed by atoms with van der Waals surface area (Å²) < 4.78 is 27.5. The molecule has 1 fully saturated rings. The Morgan fingerprint density at radius 2 is 1.94 bits per heavy atom. The van der Waals surface area contributed by atoms with Gasteiger partial charge in [-0.05, 0) is 44.2 Å². The number of hydrogen-bond donors (Lipinski definition) is 1. The lowest BCUT2D eigenvalue weighted by Gasteiger charge is -2.41. The van der Waals surface area contributed by atoms with Crippen LogP contribution >= 0.6 is 0 Å². The normalized spacial score (nSPS) is 18.7. The van der Waals surface area contributed by atoms with E-state index in [1.165, 1.54) is 0 Å². The summed E-state index contributed by atoms with van der Waals surface area (Å²) >= 11 is 0. The van der Waals surface area contributed by atoms with Crippen molar-refractivity contribution in [3.8, 4) is 0 Å². The van der Waals surface area contributed by atoms with Crippen molar-refractivity contribution in [1.82, 2.24) is 4.72 Å². The van der Waals surface area contributed by atoms with E-state index in [9.17, 15) is 8.42 Å². The highest BCUT2D eigenvalue weighted by Crippen LogP contribution is 2.36. The van der Waals surface area contributed by atoms with Crippen molar-refractivity contribution < 1.29 is 8.42 Å². The number of aryl methyl sites for hydroxylation is 1. The summed E-state index contributed by atoms with van der Waals surface area (Å²) in [5.41, 5.74) is 0.603. The predicted octanol–water partition coefficient (Wildman–Crippen LogP) is 2.61. The Balaban J connectivity index is 2.29. The molecule has 1 aliphatic carbocycles. The lowest BCUT2D eigenvalue weighted by atomic mass is 9.76. The summed E-state index contributed by atoms with van der Waals surface area (Å²) in [5, 5.41) is 0. The Hall–Kier alpha value is -0.870. The van der Waals surface area contributed by atoms with E-state index in [1.54, 1.807) is 12.1 Å². The van der Waals surface area contributed by atoms with Crippen molar-refractivity contribution in [2.24, 2.45) is 0 Å². The van der Waals surface area contributed by atoms with E-state index in [2.05, 4.69) is 4.72 Å². The lowest BCUT2D eigenvalue weighted by Crippen LogP contribution is -2.52. The van der Waals surface area contributed by atoms with Crippen molar-refractivity contribution >= 4 is 10.0 Å². The Morgan fingerprint density at radius 1 is 1.29 bits per heavy atom. The van der Waals surface area contributed by atoms with Crippen LogP contribution in [0.25, 0.3) is 0 Å². The van der Waals surface area contributed by atoms with Crippen LogP contribution in [-0.2, 0) is 10.0 Å². The fourth-order valence-corrected chi connectivity index (χ4v) is 4.11. The van der Waals surface area contributed by atoms with Crippen LogP contribution in [0, 0.1) is 6.92 Å². The third-order valence-electron chi connectivity index (χ3n) is 3.72. The van der Waals surface area contributed by atoms with Gasteiger partial charge in [0.15, 0.2) is 0 Å². The molecule has 1 N–H and O–H groups in total. The Morgan fingerprint density at radius 3 is 2.41 bits per heavy atom. The van der Waals surface area contributed by atoms with Gasteiger partial charge in [-0.15, -0.1) is 0 Å². The molecule has 0 bridgehead atoms. The van der Waals surface area contributed by atoms with E-state index in [0.717, 1.165) is 31.2 Å². The van der Waals surface area contributed by atoms with Gasteiger partial charge in [0.2, 0.25) is 10.0 Å². The molecule has 0 radical (unpaired) electrons. The highest BCUT2D eigenvalue weighted by molar-refractivity contribution is 7.89. The molecule has 1 aromatic rings. The summed E-state index contributed by atoms with van der Waals surface area (Å²) in [5.74, 6) is 0. The molecule has 4 heteroatoms. The molecule has 0 heterocycles. The Kier molecular flexibility index (Phi) is 3.27. The van der Waals surface area contributed by atoms with Crippen LogP contribution < -0.4 is 4.72 Å². The van der Waals surface area contributed by atoms with E-state index in [0.29, 0.717) is 4.90 Å². The van der Waals surface area contributed by atoms with Gasteiger partial charge < -0.3 is 0 Å². The Labute approximate surface area is 103 Å².